The number of allylic oxidation sites excluding steroid dienone is 2. The second kappa shape index (κ2) is 7.89. The number of hydrogen-bond acceptors (Lipinski definition) is 5. The van der Waals surface area contributed by atoms with Crippen molar-refractivity contribution in [1.82, 2.24) is 5.32 Å². The second-order valence-corrected chi connectivity index (χ2v) is 5.91. The van der Waals surface area contributed by atoms with Gasteiger partial charge in [-0.25, -0.2) is 4.79 Å². The number of carbonyl (C=O) groups excluding carboxylic acids is 2. The van der Waals surface area contributed by atoms with Crippen molar-refractivity contribution in [3.63, 3.8) is 0 Å². The lowest BCUT2D eigenvalue weighted by Gasteiger charge is -2.29. The number of nitrogens with one attached hydrogen (secondary N) is 1. The molecule has 0 radical (unpaired) electrons. The summed E-state index contributed by atoms with van der Waals surface area (Å²) < 4.78 is 4.81. The van der Waals surface area contributed by atoms with Gasteiger partial charge >= 0.3 is 5.97 Å². The number of esters is 1. The van der Waals surface area contributed by atoms with Crippen LogP contribution in [-0.2, 0) is 14.3 Å². The number of carbonyl (C=O) groups is 2. The van der Waals surface area contributed by atoms with Gasteiger partial charge in [0, 0.05) is 0 Å². The second-order valence-electron chi connectivity index (χ2n) is 5.91. The van der Waals surface area contributed by atoms with Crippen molar-refractivity contribution in [2.75, 3.05) is 7.11 Å². The first-order valence-corrected chi connectivity index (χ1v) is 7.98. The Morgan fingerprint density at radius 3 is 2.52 bits per heavy atom. The van der Waals surface area contributed by atoms with Gasteiger partial charge < -0.3 is 10.1 Å². The fraction of sp³-hybridized carbons (Fsp3) is 0.625. The molecule has 2 aliphatic carbocycles. The van der Waals surface area contributed by atoms with Crippen LogP contribution in [0, 0.1) is 16.0 Å². The predicted octanol–water partition coefficient (Wildman–Crippen LogP) is 2.11. The molecule has 126 valence electrons. The van der Waals surface area contributed by atoms with E-state index in [1.807, 2.05) is 0 Å². The maximum Gasteiger partial charge on any atom is 0.328 e. The maximum absolute atomic E-state index is 12.5. The van der Waals surface area contributed by atoms with E-state index in [1.165, 1.54) is 13.2 Å². The van der Waals surface area contributed by atoms with Gasteiger partial charge in [0.25, 0.3) is 11.6 Å². The topological polar surface area (TPSA) is 98.5 Å². The minimum Gasteiger partial charge on any atom is -0.467 e. The van der Waals surface area contributed by atoms with Crippen molar-refractivity contribution in [2.45, 2.75) is 51.0 Å². The average Bonchev–Trinajstić information content (AvgIpc) is 2.59. The Hall–Kier alpha value is -2.18. The lowest BCUT2D eigenvalue weighted by Crippen LogP contribution is -2.48. The minimum absolute atomic E-state index is 0.0207. The monoisotopic (exact) mass is 322 g/mol. The Kier molecular flexibility index (Phi) is 5.90. The van der Waals surface area contributed by atoms with Crippen LogP contribution in [0.25, 0.3) is 0 Å². The summed E-state index contributed by atoms with van der Waals surface area (Å²) in [5, 5.41) is 13.7. The lowest BCUT2D eigenvalue weighted by molar-refractivity contribution is -0.420. The van der Waals surface area contributed by atoms with E-state index in [2.05, 4.69) is 5.32 Å². The third kappa shape index (κ3) is 4.18. The Bertz CT molecular complexity index is 547. The van der Waals surface area contributed by atoms with Gasteiger partial charge in [-0.3, -0.25) is 14.9 Å². The van der Waals surface area contributed by atoms with E-state index in [4.69, 9.17) is 4.74 Å². The highest BCUT2D eigenvalue weighted by molar-refractivity contribution is 5.99. The van der Waals surface area contributed by atoms with Crippen LogP contribution in [0.2, 0.25) is 0 Å². The van der Waals surface area contributed by atoms with Crippen molar-refractivity contribution < 1.29 is 19.2 Å². The molecule has 0 bridgehead atoms. The number of nitrogens with zero attached hydrogens (tertiary/aromatic N) is 1. The van der Waals surface area contributed by atoms with E-state index in [0.29, 0.717) is 12.8 Å². The van der Waals surface area contributed by atoms with Crippen LogP contribution in [0.3, 0.4) is 0 Å². The molecule has 1 amide bonds. The van der Waals surface area contributed by atoms with Gasteiger partial charge in [-0.15, -0.1) is 0 Å². The molecule has 2 rings (SSSR count). The Balaban J connectivity index is 2.13. The molecular weight excluding hydrogens is 300 g/mol. The van der Waals surface area contributed by atoms with Gasteiger partial charge in [0.05, 0.1) is 12.0 Å². The molecule has 0 unspecified atom stereocenters. The number of hydrogen-bond donors (Lipinski definition) is 1. The number of amides is 1. The smallest absolute Gasteiger partial charge is 0.328 e. The zero-order valence-electron chi connectivity index (χ0n) is 13.2. The van der Waals surface area contributed by atoms with Crippen molar-refractivity contribution in [3.05, 3.63) is 33.5 Å². The minimum atomic E-state index is -0.747. The normalized spacial score (nSPS) is 20.0. The number of nitro groups is 1. The van der Waals surface area contributed by atoms with Gasteiger partial charge in [-0.05, 0) is 37.7 Å². The molecule has 1 N–H and O–H groups in total. The molecule has 7 heteroatoms. The summed E-state index contributed by atoms with van der Waals surface area (Å²) in [5.74, 6) is -1.05. The number of methoxy groups -OCH3 is 1. The zero-order chi connectivity index (χ0) is 16.8. The number of ether oxygens (including phenoxy) is 1. The average molecular weight is 322 g/mol. The molecule has 2 aliphatic rings. The Morgan fingerprint density at radius 1 is 1.26 bits per heavy atom. The molecule has 0 aromatic rings. The van der Waals surface area contributed by atoms with Crippen molar-refractivity contribution in [1.29, 1.82) is 0 Å². The molecule has 0 spiro atoms. The van der Waals surface area contributed by atoms with Crippen LogP contribution < -0.4 is 5.32 Å². The van der Waals surface area contributed by atoms with Crippen molar-refractivity contribution >= 4 is 11.9 Å². The molecule has 0 aromatic carbocycles. The Labute approximate surface area is 134 Å². The molecular formula is C16H22N2O5. The lowest BCUT2D eigenvalue weighted by atomic mass is 9.83. The summed E-state index contributed by atoms with van der Waals surface area (Å²) in [5.41, 5.74) is -0.160. The molecule has 0 aliphatic heterocycles. The summed E-state index contributed by atoms with van der Waals surface area (Å²) in [6.07, 6.45) is 8.95. The maximum atomic E-state index is 12.5. The summed E-state index contributed by atoms with van der Waals surface area (Å²) >= 11 is 0. The summed E-state index contributed by atoms with van der Waals surface area (Å²) in [7, 11) is 1.28. The van der Waals surface area contributed by atoms with Crippen LogP contribution in [-0.4, -0.2) is 30.0 Å². The van der Waals surface area contributed by atoms with E-state index >= 15 is 0 Å². The first kappa shape index (κ1) is 17.2. The fourth-order valence-electron chi connectivity index (χ4n) is 3.23. The predicted molar refractivity (Wildman–Crippen MR) is 82.9 cm³/mol. The van der Waals surface area contributed by atoms with Crippen LogP contribution in [0.1, 0.15) is 44.9 Å². The van der Waals surface area contributed by atoms with Crippen molar-refractivity contribution in [3.8, 4) is 0 Å². The van der Waals surface area contributed by atoms with E-state index in [-0.39, 0.29) is 17.2 Å². The van der Waals surface area contributed by atoms with Crippen LogP contribution in [0.4, 0.5) is 0 Å². The van der Waals surface area contributed by atoms with Gasteiger partial charge in [0.15, 0.2) is 0 Å². The van der Waals surface area contributed by atoms with Crippen molar-refractivity contribution in [2.24, 2.45) is 5.92 Å². The molecule has 23 heavy (non-hydrogen) atoms. The van der Waals surface area contributed by atoms with Gasteiger partial charge in [-0.1, -0.05) is 25.3 Å². The van der Waals surface area contributed by atoms with E-state index in [0.717, 1.165) is 32.1 Å². The first-order valence-electron chi connectivity index (χ1n) is 7.98. The molecule has 1 fully saturated rings. The number of rotatable bonds is 5. The molecule has 0 heterocycles. The fourth-order valence-corrected chi connectivity index (χ4v) is 3.23. The standard InChI is InChI=1S/C16H22N2O5/c1-23-16(20)14(11-7-3-2-4-8-11)17-15(19)12-9-5-6-10-13(12)18(21)22/h9-11,14H,2-8H2,1H3,(H,17,19)/t14-/m0/s1. The highest BCUT2D eigenvalue weighted by atomic mass is 16.6. The quantitative estimate of drug-likeness (QED) is 0.475. The first-order chi connectivity index (χ1) is 11.0. The third-order valence-electron chi connectivity index (χ3n) is 4.43. The Morgan fingerprint density at radius 2 is 1.91 bits per heavy atom. The van der Waals surface area contributed by atoms with Crippen LogP contribution in [0.5, 0.6) is 0 Å². The van der Waals surface area contributed by atoms with E-state index in [9.17, 15) is 19.7 Å². The summed E-state index contributed by atoms with van der Waals surface area (Å²) in [4.78, 5) is 35.0. The summed E-state index contributed by atoms with van der Waals surface area (Å²) in [6, 6.07) is -0.747. The molecule has 0 saturated heterocycles. The summed E-state index contributed by atoms with van der Waals surface area (Å²) in [6.45, 7) is 0. The molecule has 1 saturated carbocycles. The third-order valence-corrected chi connectivity index (χ3v) is 4.43. The van der Waals surface area contributed by atoms with E-state index in [1.54, 1.807) is 6.08 Å². The van der Waals surface area contributed by atoms with Gasteiger partial charge in [-0.2, -0.15) is 0 Å². The highest BCUT2D eigenvalue weighted by Gasteiger charge is 2.34. The molecule has 1 atom stereocenters. The van der Waals surface area contributed by atoms with Gasteiger partial charge in [0.2, 0.25) is 0 Å². The van der Waals surface area contributed by atoms with Gasteiger partial charge in [0.1, 0.15) is 11.6 Å². The van der Waals surface area contributed by atoms with Crippen LogP contribution >= 0.6 is 0 Å². The highest BCUT2D eigenvalue weighted by Crippen LogP contribution is 2.28. The largest absolute Gasteiger partial charge is 0.467 e. The molecule has 0 aromatic heterocycles. The van der Waals surface area contributed by atoms with Crippen LogP contribution in [0.15, 0.2) is 23.4 Å². The van der Waals surface area contributed by atoms with E-state index < -0.39 is 22.8 Å². The molecule has 7 nitrogen and oxygen atoms in total. The zero-order valence-corrected chi connectivity index (χ0v) is 13.2. The SMILES string of the molecule is COC(=O)[C@@H](NC(=O)C1=CCCC=C1[N+](=O)[O-])C1CCCCC1.